The Kier molecular flexibility index (Phi) is 4.05. The second-order valence-electron chi connectivity index (χ2n) is 8.02. The molecule has 2 bridgehead atoms. The van der Waals surface area contributed by atoms with Crippen LogP contribution in [0.15, 0.2) is 42.5 Å². The monoisotopic (exact) mass is 366 g/mol. The van der Waals surface area contributed by atoms with Gasteiger partial charge in [0.1, 0.15) is 11.4 Å². The number of aliphatic hydroxyl groups is 1. The van der Waals surface area contributed by atoms with Gasteiger partial charge in [0.2, 0.25) is 5.91 Å². The highest BCUT2D eigenvalue weighted by Crippen LogP contribution is 2.56. The molecular formula is C22H26N2O3. The van der Waals surface area contributed by atoms with Crippen molar-refractivity contribution in [3.05, 3.63) is 64.7 Å². The number of amides is 1. The number of likely N-dealkylation sites (tertiary alicyclic amines) is 1. The number of hydrogen-bond acceptors (Lipinski definition) is 4. The molecule has 0 radical (unpaired) electrons. The first-order chi connectivity index (χ1) is 12.8. The largest absolute Gasteiger partial charge is 0.497 e. The zero-order valence-electron chi connectivity index (χ0n) is 16.0. The normalized spacial score (nSPS) is 29.9. The summed E-state index contributed by atoms with van der Waals surface area (Å²) in [6.45, 7) is 3.02. The summed E-state index contributed by atoms with van der Waals surface area (Å²) in [5.74, 6) is 0.308. The number of carbonyl (C=O) groups is 1. The van der Waals surface area contributed by atoms with E-state index >= 15 is 0 Å². The fourth-order valence-corrected chi connectivity index (χ4v) is 5.08. The van der Waals surface area contributed by atoms with E-state index in [0.717, 1.165) is 36.3 Å². The lowest BCUT2D eigenvalue weighted by molar-refractivity contribution is -0.141. The number of likely N-dealkylation sites (N-methyl/N-ethyl adjacent to an activating group) is 1. The van der Waals surface area contributed by atoms with Crippen molar-refractivity contribution >= 4 is 5.91 Å². The van der Waals surface area contributed by atoms with Gasteiger partial charge in [0.05, 0.1) is 7.11 Å². The summed E-state index contributed by atoms with van der Waals surface area (Å²) in [4.78, 5) is 14.0. The third kappa shape index (κ3) is 2.42. The van der Waals surface area contributed by atoms with E-state index < -0.39 is 16.9 Å². The minimum absolute atomic E-state index is 0.0831. The van der Waals surface area contributed by atoms with Crippen molar-refractivity contribution in [1.29, 1.82) is 0 Å². The van der Waals surface area contributed by atoms with Crippen LogP contribution in [0.1, 0.15) is 40.4 Å². The average molecular weight is 366 g/mol. The lowest BCUT2D eigenvalue weighted by atomic mass is 9.53. The Bertz CT molecular complexity index is 912. The van der Waals surface area contributed by atoms with Gasteiger partial charge in [-0.15, -0.1) is 0 Å². The zero-order valence-corrected chi connectivity index (χ0v) is 16.0. The molecule has 5 nitrogen and oxygen atoms in total. The molecule has 1 fully saturated rings. The molecule has 5 heteroatoms. The van der Waals surface area contributed by atoms with E-state index in [9.17, 15) is 9.90 Å². The molecule has 1 saturated heterocycles. The van der Waals surface area contributed by atoms with Crippen molar-refractivity contribution < 1.29 is 14.6 Å². The van der Waals surface area contributed by atoms with Crippen LogP contribution in [0.2, 0.25) is 0 Å². The van der Waals surface area contributed by atoms with E-state index in [4.69, 9.17) is 10.5 Å². The number of fused-ring (bicyclic) bond motifs is 4. The van der Waals surface area contributed by atoms with Crippen LogP contribution >= 0.6 is 0 Å². The van der Waals surface area contributed by atoms with Crippen LogP contribution in [-0.4, -0.2) is 42.7 Å². The maximum absolute atomic E-state index is 12.2. The summed E-state index contributed by atoms with van der Waals surface area (Å²) in [5, 5.41) is 12.2. The molecule has 3 N–H and O–H groups in total. The highest BCUT2D eigenvalue weighted by atomic mass is 16.5. The first-order valence-electron chi connectivity index (χ1n) is 9.31. The lowest BCUT2D eigenvalue weighted by Crippen LogP contribution is -2.67. The number of hydrogen-bond donors (Lipinski definition) is 2. The maximum Gasteiger partial charge on any atom is 0.248 e. The topological polar surface area (TPSA) is 75.8 Å². The minimum Gasteiger partial charge on any atom is -0.497 e. The van der Waals surface area contributed by atoms with E-state index in [1.165, 1.54) is 5.56 Å². The van der Waals surface area contributed by atoms with Crippen LogP contribution in [-0.2, 0) is 17.4 Å². The van der Waals surface area contributed by atoms with Crippen molar-refractivity contribution in [3.8, 4) is 5.75 Å². The molecule has 0 aromatic heterocycles. The summed E-state index contributed by atoms with van der Waals surface area (Å²) in [7, 11) is 3.72. The molecular weight excluding hydrogens is 340 g/mol. The van der Waals surface area contributed by atoms with Gasteiger partial charge in [0, 0.05) is 17.0 Å². The van der Waals surface area contributed by atoms with Gasteiger partial charge in [0.25, 0.3) is 0 Å². The Balaban J connectivity index is 1.96. The predicted molar refractivity (Wildman–Crippen MR) is 104 cm³/mol. The van der Waals surface area contributed by atoms with Crippen LogP contribution in [0.5, 0.6) is 5.75 Å². The Labute approximate surface area is 159 Å². The van der Waals surface area contributed by atoms with Crippen molar-refractivity contribution in [1.82, 2.24) is 4.90 Å². The molecule has 2 aromatic rings. The van der Waals surface area contributed by atoms with Crippen molar-refractivity contribution in [2.75, 3.05) is 20.7 Å². The van der Waals surface area contributed by atoms with Gasteiger partial charge >= 0.3 is 0 Å². The quantitative estimate of drug-likeness (QED) is 0.873. The standard InChI is InChI=1S/C22H26N2O3/c1-21-9-10-24(2)19(12-14-7-8-17(27-3)13-18(14)21)22(21,26)16-6-4-5-15(11-16)20(23)25/h4-8,11,13,19,26H,9-10,12H2,1-3H3,(H2,23,25)/t19?,21-,22-/m0/s1. The summed E-state index contributed by atoms with van der Waals surface area (Å²) < 4.78 is 5.46. The summed E-state index contributed by atoms with van der Waals surface area (Å²) in [6.07, 6.45) is 1.54. The molecule has 1 aliphatic carbocycles. The van der Waals surface area contributed by atoms with E-state index in [2.05, 4.69) is 31.0 Å². The summed E-state index contributed by atoms with van der Waals surface area (Å²) in [5.41, 5.74) is 7.39. The van der Waals surface area contributed by atoms with Crippen molar-refractivity contribution in [2.45, 2.75) is 36.8 Å². The molecule has 1 unspecified atom stereocenters. The van der Waals surface area contributed by atoms with Gasteiger partial charge in [-0.3, -0.25) is 9.69 Å². The average Bonchev–Trinajstić information content (AvgIpc) is 2.67. The third-order valence-corrected chi connectivity index (χ3v) is 6.73. The molecule has 1 heterocycles. The fourth-order valence-electron chi connectivity index (χ4n) is 5.08. The van der Waals surface area contributed by atoms with Gasteiger partial charge < -0.3 is 15.6 Å². The zero-order chi connectivity index (χ0) is 19.4. The van der Waals surface area contributed by atoms with Crippen molar-refractivity contribution in [3.63, 3.8) is 0 Å². The van der Waals surface area contributed by atoms with Crippen LogP contribution in [0.4, 0.5) is 0 Å². The number of carbonyl (C=O) groups excluding carboxylic acids is 1. The second-order valence-corrected chi connectivity index (χ2v) is 8.02. The van der Waals surface area contributed by atoms with Gasteiger partial charge in [-0.25, -0.2) is 0 Å². The molecule has 2 aromatic carbocycles. The van der Waals surface area contributed by atoms with Crippen LogP contribution in [0.3, 0.4) is 0 Å². The van der Waals surface area contributed by atoms with Gasteiger partial charge in [-0.1, -0.05) is 25.1 Å². The number of nitrogens with zero attached hydrogens (tertiary/aromatic N) is 1. The van der Waals surface area contributed by atoms with Gasteiger partial charge in [-0.2, -0.15) is 0 Å². The highest BCUT2D eigenvalue weighted by molar-refractivity contribution is 5.93. The molecule has 27 heavy (non-hydrogen) atoms. The smallest absolute Gasteiger partial charge is 0.248 e. The number of primary amides is 1. The van der Waals surface area contributed by atoms with E-state index in [1.807, 2.05) is 12.1 Å². The molecule has 1 aliphatic heterocycles. The van der Waals surface area contributed by atoms with Crippen LogP contribution in [0.25, 0.3) is 0 Å². The molecule has 142 valence electrons. The highest BCUT2D eigenvalue weighted by Gasteiger charge is 2.60. The molecule has 0 spiro atoms. The van der Waals surface area contributed by atoms with Gasteiger partial charge in [-0.05, 0) is 67.4 Å². The molecule has 0 saturated carbocycles. The Morgan fingerprint density at radius 3 is 2.78 bits per heavy atom. The van der Waals surface area contributed by atoms with E-state index in [-0.39, 0.29) is 6.04 Å². The molecule has 2 aliphatic rings. The Morgan fingerprint density at radius 2 is 2.07 bits per heavy atom. The van der Waals surface area contributed by atoms with Crippen LogP contribution in [0, 0.1) is 0 Å². The van der Waals surface area contributed by atoms with Crippen molar-refractivity contribution in [2.24, 2.45) is 5.73 Å². The van der Waals surface area contributed by atoms with Gasteiger partial charge in [0.15, 0.2) is 0 Å². The summed E-state index contributed by atoms with van der Waals surface area (Å²) >= 11 is 0. The fraction of sp³-hybridized carbons (Fsp3) is 0.409. The first-order valence-corrected chi connectivity index (χ1v) is 9.31. The molecule has 4 rings (SSSR count). The number of ether oxygens (including phenoxy) is 1. The molecule has 1 amide bonds. The minimum atomic E-state index is -1.13. The summed E-state index contributed by atoms with van der Waals surface area (Å²) in [6, 6.07) is 13.2. The maximum atomic E-state index is 12.2. The number of methoxy groups -OCH3 is 1. The first kappa shape index (κ1) is 18.0. The molecule has 3 atom stereocenters. The Morgan fingerprint density at radius 1 is 1.30 bits per heavy atom. The van der Waals surface area contributed by atoms with E-state index in [1.54, 1.807) is 25.3 Å². The number of rotatable bonds is 3. The number of nitrogens with two attached hydrogens (primary N) is 1. The Hall–Kier alpha value is -2.37. The lowest BCUT2D eigenvalue weighted by Gasteiger charge is -2.60. The SMILES string of the molecule is COc1ccc2c(c1)[C@]1(C)CCN(C)C(C2)[C@@]1(O)c1cccc(C(N)=O)c1. The van der Waals surface area contributed by atoms with Crippen LogP contribution < -0.4 is 10.5 Å². The van der Waals surface area contributed by atoms with E-state index in [0.29, 0.717) is 5.56 Å². The third-order valence-electron chi connectivity index (χ3n) is 6.73. The number of piperidine rings is 1. The number of benzene rings is 2. The second kappa shape index (κ2) is 6.08. The predicted octanol–water partition coefficient (Wildman–Crippen LogP) is 2.20.